The lowest BCUT2D eigenvalue weighted by Crippen LogP contribution is -2.12. The maximum Gasteiger partial charge on any atom is 0.224 e. The van der Waals surface area contributed by atoms with Gasteiger partial charge < -0.3 is 14.8 Å². The number of nitrogens with one attached hydrogen (secondary N) is 1. The van der Waals surface area contributed by atoms with Gasteiger partial charge in [-0.1, -0.05) is 0 Å². The zero-order valence-electron chi connectivity index (χ0n) is 14.9. The molecule has 0 saturated heterocycles. The average Bonchev–Trinajstić information content (AvgIpc) is 3.11. The SMILES string of the molecule is COc1ccc(NC(=O)CCCn2cc(Oc3ccc(F)cc3)cn2)cc1. The van der Waals surface area contributed by atoms with Gasteiger partial charge in [0.1, 0.15) is 17.3 Å². The molecule has 1 amide bonds. The molecule has 0 atom stereocenters. The van der Waals surface area contributed by atoms with Crippen LogP contribution in [0.5, 0.6) is 17.2 Å². The Labute approximate surface area is 156 Å². The number of carbonyl (C=O) groups excluding carboxylic acids is 1. The van der Waals surface area contributed by atoms with Gasteiger partial charge in [0.25, 0.3) is 0 Å². The molecule has 3 aromatic rings. The molecule has 0 saturated carbocycles. The van der Waals surface area contributed by atoms with E-state index in [1.807, 2.05) is 0 Å². The van der Waals surface area contributed by atoms with Gasteiger partial charge in [0.05, 0.1) is 19.5 Å². The van der Waals surface area contributed by atoms with E-state index in [-0.39, 0.29) is 11.7 Å². The first-order chi connectivity index (χ1) is 13.1. The number of anilines is 1. The summed E-state index contributed by atoms with van der Waals surface area (Å²) in [6, 6.07) is 12.9. The number of aryl methyl sites for hydroxylation is 1. The van der Waals surface area contributed by atoms with Gasteiger partial charge in [-0.15, -0.1) is 0 Å². The molecule has 3 rings (SSSR count). The predicted octanol–water partition coefficient (Wildman–Crippen LogP) is 4.24. The molecule has 27 heavy (non-hydrogen) atoms. The molecular weight excluding hydrogens is 349 g/mol. The number of hydrogen-bond donors (Lipinski definition) is 1. The zero-order valence-corrected chi connectivity index (χ0v) is 14.9. The predicted molar refractivity (Wildman–Crippen MR) is 99.6 cm³/mol. The van der Waals surface area contributed by atoms with Crippen molar-refractivity contribution in [1.29, 1.82) is 0 Å². The van der Waals surface area contributed by atoms with Crippen LogP contribution in [0.1, 0.15) is 12.8 Å². The number of aromatic nitrogens is 2. The molecule has 1 aromatic heterocycles. The van der Waals surface area contributed by atoms with E-state index < -0.39 is 0 Å². The van der Waals surface area contributed by atoms with Gasteiger partial charge >= 0.3 is 0 Å². The van der Waals surface area contributed by atoms with Crippen molar-refractivity contribution in [3.8, 4) is 17.2 Å². The monoisotopic (exact) mass is 369 g/mol. The molecule has 0 fully saturated rings. The molecule has 0 spiro atoms. The number of methoxy groups -OCH3 is 1. The van der Waals surface area contributed by atoms with E-state index >= 15 is 0 Å². The van der Waals surface area contributed by atoms with Crippen molar-refractivity contribution in [2.24, 2.45) is 0 Å². The Kier molecular flexibility index (Phi) is 6.04. The van der Waals surface area contributed by atoms with Crippen LogP contribution in [0.3, 0.4) is 0 Å². The Hall–Kier alpha value is -3.35. The summed E-state index contributed by atoms with van der Waals surface area (Å²) >= 11 is 0. The lowest BCUT2D eigenvalue weighted by Gasteiger charge is -2.06. The van der Waals surface area contributed by atoms with Gasteiger partial charge in [0.15, 0.2) is 5.75 Å². The number of carbonyl (C=O) groups is 1. The Balaban J connectivity index is 1.42. The van der Waals surface area contributed by atoms with Crippen molar-refractivity contribution >= 4 is 11.6 Å². The molecule has 0 aliphatic rings. The van der Waals surface area contributed by atoms with Crippen molar-refractivity contribution in [1.82, 2.24) is 9.78 Å². The van der Waals surface area contributed by atoms with Crippen LogP contribution in [0.15, 0.2) is 60.9 Å². The molecule has 0 bridgehead atoms. The van der Waals surface area contributed by atoms with Crippen LogP contribution in [-0.4, -0.2) is 22.8 Å². The molecule has 6 nitrogen and oxygen atoms in total. The number of nitrogens with zero attached hydrogens (tertiary/aromatic N) is 2. The van der Waals surface area contributed by atoms with E-state index in [2.05, 4.69) is 10.4 Å². The van der Waals surface area contributed by atoms with Crippen molar-refractivity contribution in [3.05, 3.63) is 66.7 Å². The maximum atomic E-state index is 12.9. The lowest BCUT2D eigenvalue weighted by atomic mass is 10.2. The van der Waals surface area contributed by atoms with E-state index in [1.165, 1.54) is 12.1 Å². The molecule has 1 heterocycles. The first kappa shape index (κ1) is 18.4. The standard InChI is InChI=1S/C20H20FN3O3/c1-26-17-10-6-16(7-11-17)23-20(25)3-2-12-24-14-19(13-22-24)27-18-8-4-15(21)5-9-18/h4-11,13-14H,2-3,12H2,1H3,(H,23,25). The van der Waals surface area contributed by atoms with E-state index in [9.17, 15) is 9.18 Å². The minimum Gasteiger partial charge on any atom is -0.497 e. The fourth-order valence-electron chi connectivity index (χ4n) is 2.46. The van der Waals surface area contributed by atoms with E-state index in [4.69, 9.17) is 9.47 Å². The maximum absolute atomic E-state index is 12.9. The quantitative estimate of drug-likeness (QED) is 0.645. The summed E-state index contributed by atoms with van der Waals surface area (Å²) in [4.78, 5) is 12.0. The summed E-state index contributed by atoms with van der Waals surface area (Å²) < 4.78 is 25.3. The van der Waals surface area contributed by atoms with Gasteiger partial charge in [-0.05, 0) is 55.0 Å². The fraction of sp³-hybridized carbons (Fsp3) is 0.200. The van der Waals surface area contributed by atoms with Crippen LogP contribution in [0.25, 0.3) is 0 Å². The summed E-state index contributed by atoms with van der Waals surface area (Å²) in [5.41, 5.74) is 0.731. The third-order valence-electron chi connectivity index (χ3n) is 3.82. The number of rotatable bonds is 8. The summed E-state index contributed by atoms with van der Waals surface area (Å²) in [7, 11) is 1.60. The second-order valence-electron chi connectivity index (χ2n) is 5.88. The van der Waals surface area contributed by atoms with Crippen molar-refractivity contribution in [2.75, 3.05) is 12.4 Å². The first-order valence-corrected chi connectivity index (χ1v) is 8.52. The van der Waals surface area contributed by atoms with Crippen LogP contribution in [0.4, 0.5) is 10.1 Å². The Morgan fingerprint density at radius 2 is 1.78 bits per heavy atom. The number of ether oxygens (including phenoxy) is 2. The molecule has 0 radical (unpaired) electrons. The van der Waals surface area contributed by atoms with Gasteiger partial charge in [0.2, 0.25) is 5.91 Å². The number of halogens is 1. The number of hydrogen-bond acceptors (Lipinski definition) is 4. The highest BCUT2D eigenvalue weighted by molar-refractivity contribution is 5.90. The lowest BCUT2D eigenvalue weighted by molar-refractivity contribution is -0.116. The topological polar surface area (TPSA) is 65.4 Å². The van der Waals surface area contributed by atoms with Crippen LogP contribution in [0, 0.1) is 5.82 Å². The molecule has 0 aliphatic heterocycles. The van der Waals surface area contributed by atoms with Crippen molar-refractivity contribution < 1.29 is 18.7 Å². The second-order valence-corrected chi connectivity index (χ2v) is 5.88. The van der Waals surface area contributed by atoms with E-state index in [0.29, 0.717) is 30.9 Å². The summed E-state index contributed by atoms with van der Waals surface area (Å²) in [5.74, 6) is 1.46. The molecule has 7 heteroatoms. The molecule has 2 aromatic carbocycles. The normalized spacial score (nSPS) is 10.4. The molecule has 140 valence electrons. The summed E-state index contributed by atoms with van der Waals surface area (Å²) in [6.45, 7) is 0.586. The Bertz CT molecular complexity index is 876. The third kappa shape index (κ3) is 5.57. The summed E-state index contributed by atoms with van der Waals surface area (Å²) in [5, 5.41) is 7.04. The van der Waals surface area contributed by atoms with Gasteiger partial charge in [0, 0.05) is 18.7 Å². The second kappa shape index (κ2) is 8.84. The Morgan fingerprint density at radius 1 is 1.07 bits per heavy atom. The first-order valence-electron chi connectivity index (χ1n) is 8.52. The highest BCUT2D eigenvalue weighted by Crippen LogP contribution is 2.21. The number of benzene rings is 2. The van der Waals surface area contributed by atoms with E-state index in [1.54, 1.807) is 60.6 Å². The van der Waals surface area contributed by atoms with Gasteiger partial charge in [-0.2, -0.15) is 5.10 Å². The Morgan fingerprint density at radius 3 is 2.48 bits per heavy atom. The number of amides is 1. The molecular formula is C20H20FN3O3. The van der Waals surface area contributed by atoms with E-state index in [0.717, 1.165) is 11.4 Å². The van der Waals surface area contributed by atoms with Crippen LogP contribution < -0.4 is 14.8 Å². The van der Waals surface area contributed by atoms with Crippen LogP contribution in [-0.2, 0) is 11.3 Å². The highest BCUT2D eigenvalue weighted by Gasteiger charge is 2.05. The molecule has 0 aliphatic carbocycles. The molecule has 1 N–H and O–H groups in total. The minimum absolute atomic E-state index is 0.0601. The minimum atomic E-state index is -0.314. The average molecular weight is 369 g/mol. The third-order valence-corrected chi connectivity index (χ3v) is 3.82. The fourth-order valence-corrected chi connectivity index (χ4v) is 2.46. The van der Waals surface area contributed by atoms with Crippen molar-refractivity contribution in [3.63, 3.8) is 0 Å². The van der Waals surface area contributed by atoms with Gasteiger partial charge in [-0.3, -0.25) is 9.48 Å². The van der Waals surface area contributed by atoms with Crippen molar-refractivity contribution in [2.45, 2.75) is 19.4 Å². The largest absolute Gasteiger partial charge is 0.497 e. The van der Waals surface area contributed by atoms with Crippen LogP contribution in [0.2, 0.25) is 0 Å². The van der Waals surface area contributed by atoms with Crippen LogP contribution >= 0.6 is 0 Å². The summed E-state index contributed by atoms with van der Waals surface area (Å²) in [6.07, 6.45) is 4.34. The van der Waals surface area contributed by atoms with Gasteiger partial charge in [-0.25, -0.2) is 4.39 Å². The zero-order chi connectivity index (χ0) is 19.1. The molecule has 0 unspecified atom stereocenters. The smallest absolute Gasteiger partial charge is 0.224 e. The highest BCUT2D eigenvalue weighted by atomic mass is 19.1.